The Kier molecular flexibility index (Phi) is 3.76. The summed E-state index contributed by atoms with van der Waals surface area (Å²) in [4.78, 5) is 0. The van der Waals surface area contributed by atoms with Gasteiger partial charge in [-0.1, -0.05) is 0 Å². The SMILES string of the molecule is COCC[C@H]1CCCNC1. The molecule has 2 heteroatoms. The smallest absolute Gasteiger partial charge is 0.0465 e. The third-order valence-corrected chi connectivity index (χ3v) is 2.13. The lowest BCUT2D eigenvalue weighted by atomic mass is 9.97. The first-order valence-electron chi connectivity index (χ1n) is 4.13. The first-order valence-corrected chi connectivity index (χ1v) is 4.13. The maximum atomic E-state index is 5.02. The molecule has 0 radical (unpaired) electrons. The zero-order chi connectivity index (χ0) is 7.23. The summed E-state index contributed by atoms with van der Waals surface area (Å²) in [5, 5.41) is 3.39. The Morgan fingerprint density at radius 1 is 1.60 bits per heavy atom. The Bertz CT molecular complexity index is 79.3. The van der Waals surface area contributed by atoms with E-state index in [0.717, 1.165) is 12.5 Å². The molecule has 1 aliphatic rings. The number of nitrogens with one attached hydrogen (secondary N) is 1. The lowest BCUT2D eigenvalue weighted by molar-refractivity contribution is 0.169. The zero-order valence-corrected chi connectivity index (χ0v) is 6.73. The molecule has 0 saturated carbocycles. The highest BCUT2D eigenvalue weighted by Gasteiger charge is 2.11. The van der Waals surface area contributed by atoms with Crippen LogP contribution in [-0.4, -0.2) is 26.8 Å². The van der Waals surface area contributed by atoms with Crippen LogP contribution in [0.1, 0.15) is 19.3 Å². The second kappa shape index (κ2) is 4.69. The highest BCUT2D eigenvalue weighted by molar-refractivity contribution is 4.68. The van der Waals surface area contributed by atoms with Gasteiger partial charge in [-0.25, -0.2) is 0 Å². The maximum Gasteiger partial charge on any atom is 0.0465 e. The molecule has 1 rings (SSSR count). The Morgan fingerprint density at radius 2 is 2.50 bits per heavy atom. The minimum atomic E-state index is 0.869. The molecule has 0 aromatic heterocycles. The fourth-order valence-corrected chi connectivity index (χ4v) is 1.45. The van der Waals surface area contributed by atoms with Gasteiger partial charge in [0.1, 0.15) is 0 Å². The average Bonchev–Trinajstić information content (AvgIpc) is 2.03. The monoisotopic (exact) mass is 143 g/mol. The van der Waals surface area contributed by atoms with Crippen molar-refractivity contribution in [3.63, 3.8) is 0 Å². The predicted molar refractivity (Wildman–Crippen MR) is 42.1 cm³/mol. The molecule has 10 heavy (non-hydrogen) atoms. The van der Waals surface area contributed by atoms with Crippen molar-refractivity contribution >= 4 is 0 Å². The van der Waals surface area contributed by atoms with Crippen LogP contribution in [0.25, 0.3) is 0 Å². The maximum absolute atomic E-state index is 5.02. The van der Waals surface area contributed by atoms with Crippen LogP contribution in [0.15, 0.2) is 0 Å². The van der Waals surface area contributed by atoms with Crippen LogP contribution >= 0.6 is 0 Å². The molecule has 1 atom stereocenters. The lowest BCUT2D eigenvalue weighted by Crippen LogP contribution is -2.30. The summed E-state index contributed by atoms with van der Waals surface area (Å²) in [6.45, 7) is 3.33. The van der Waals surface area contributed by atoms with Gasteiger partial charge in [0.2, 0.25) is 0 Å². The van der Waals surface area contributed by atoms with Gasteiger partial charge in [0, 0.05) is 13.7 Å². The second-order valence-corrected chi connectivity index (χ2v) is 2.99. The zero-order valence-electron chi connectivity index (χ0n) is 6.73. The Balaban J connectivity index is 2.02. The van der Waals surface area contributed by atoms with Gasteiger partial charge in [-0.15, -0.1) is 0 Å². The topological polar surface area (TPSA) is 21.3 Å². The minimum Gasteiger partial charge on any atom is -0.385 e. The van der Waals surface area contributed by atoms with Crippen LogP contribution in [0.3, 0.4) is 0 Å². The summed E-state index contributed by atoms with van der Waals surface area (Å²) >= 11 is 0. The third-order valence-electron chi connectivity index (χ3n) is 2.13. The van der Waals surface area contributed by atoms with E-state index in [1.807, 2.05) is 0 Å². The summed E-state index contributed by atoms with van der Waals surface area (Å²) in [5.74, 6) is 0.869. The molecule has 60 valence electrons. The van der Waals surface area contributed by atoms with Crippen LogP contribution in [-0.2, 0) is 4.74 Å². The number of ether oxygens (including phenoxy) is 1. The predicted octanol–water partition coefficient (Wildman–Crippen LogP) is 1.02. The standard InChI is InChI=1S/C8H17NO/c1-10-6-4-8-3-2-5-9-7-8/h8-9H,2-7H2,1H3/t8-/m1/s1. The molecule has 0 aromatic carbocycles. The van der Waals surface area contributed by atoms with E-state index in [4.69, 9.17) is 4.74 Å². The summed E-state index contributed by atoms with van der Waals surface area (Å²) in [5.41, 5.74) is 0. The van der Waals surface area contributed by atoms with Crippen molar-refractivity contribution < 1.29 is 4.74 Å². The van der Waals surface area contributed by atoms with E-state index in [0.29, 0.717) is 0 Å². The van der Waals surface area contributed by atoms with Crippen molar-refractivity contribution in [2.45, 2.75) is 19.3 Å². The quantitative estimate of drug-likeness (QED) is 0.637. The van der Waals surface area contributed by atoms with Crippen molar-refractivity contribution in [2.24, 2.45) is 5.92 Å². The summed E-state index contributed by atoms with van der Waals surface area (Å²) in [6, 6.07) is 0. The Labute approximate surface area is 63.0 Å². The first-order chi connectivity index (χ1) is 4.93. The molecule has 1 fully saturated rings. The molecule has 1 aliphatic heterocycles. The third kappa shape index (κ3) is 2.67. The average molecular weight is 143 g/mol. The van der Waals surface area contributed by atoms with Gasteiger partial charge in [0.05, 0.1) is 0 Å². The van der Waals surface area contributed by atoms with Crippen LogP contribution in [0.2, 0.25) is 0 Å². The molecule has 0 aliphatic carbocycles. The van der Waals surface area contributed by atoms with Gasteiger partial charge < -0.3 is 10.1 Å². The van der Waals surface area contributed by atoms with E-state index in [1.54, 1.807) is 7.11 Å². The second-order valence-electron chi connectivity index (χ2n) is 2.99. The molecule has 2 nitrogen and oxygen atoms in total. The highest BCUT2D eigenvalue weighted by atomic mass is 16.5. The molecule has 0 amide bonds. The van der Waals surface area contributed by atoms with Crippen LogP contribution < -0.4 is 5.32 Å². The van der Waals surface area contributed by atoms with E-state index in [1.165, 1.54) is 32.4 Å². The van der Waals surface area contributed by atoms with Crippen molar-refractivity contribution in [3.05, 3.63) is 0 Å². The van der Waals surface area contributed by atoms with Gasteiger partial charge in [-0.3, -0.25) is 0 Å². The highest BCUT2D eigenvalue weighted by Crippen LogP contribution is 2.13. The first kappa shape index (κ1) is 8.02. The number of methoxy groups -OCH3 is 1. The fraction of sp³-hybridized carbons (Fsp3) is 1.00. The molecule has 0 spiro atoms. The molecule has 1 saturated heterocycles. The summed E-state index contributed by atoms with van der Waals surface area (Å²) < 4.78 is 5.02. The van der Waals surface area contributed by atoms with Crippen molar-refractivity contribution in [1.29, 1.82) is 0 Å². The van der Waals surface area contributed by atoms with E-state index < -0.39 is 0 Å². The van der Waals surface area contributed by atoms with E-state index in [-0.39, 0.29) is 0 Å². The van der Waals surface area contributed by atoms with Crippen LogP contribution in [0.4, 0.5) is 0 Å². The number of hydrogen-bond donors (Lipinski definition) is 1. The van der Waals surface area contributed by atoms with Crippen LogP contribution in [0, 0.1) is 5.92 Å². The van der Waals surface area contributed by atoms with Gasteiger partial charge >= 0.3 is 0 Å². The molecular formula is C8H17NO. The van der Waals surface area contributed by atoms with Crippen molar-refractivity contribution in [1.82, 2.24) is 5.32 Å². The van der Waals surface area contributed by atoms with E-state index in [9.17, 15) is 0 Å². The van der Waals surface area contributed by atoms with Crippen LogP contribution in [0.5, 0.6) is 0 Å². The van der Waals surface area contributed by atoms with Gasteiger partial charge in [-0.05, 0) is 38.3 Å². The minimum absolute atomic E-state index is 0.869. The van der Waals surface area contributed by atoms with Gasteiger partial charge in [0.15, 0.2) is 0 Å². The molecule has 0 bridgehead atoms. The van der Waals surface area contributed by atoms with Gasteiger partial charge in [-0.2, -0.15) is 0 Å². The van der Waals surface area contributed by atoms with E-state index >= 15 is 0 Å². The van der Waals surface area contributed by atoms with Gasteiger partial charge in [0.25, 0.3) is 0 Å². The molecule has 0 unspecified atom stereocenters. The number of hydrogen-bond acceptors (Lipinski definition) is 2. The normalized spacial score (nSPS) is 26.7. The summed E-state index contributed by atoms with van der Waals surface area (Å²) in [6.07, 6.45) is 3.95. The van der Waals surface area contributed by atoms with Crippen molar-refractivity contribution in [3.8, 4) is 0 Å². The largest absolute Gasteiger partial charge is 0.385 e. The van der Waals surface area contributed by atoms with E-state index in [2.05, 4.69) is 5.32 Å². The number of rotatable bonds is 3. The Hall–Kier alpha value is -0.0800. The number of piperidine rings is 1. The van der Waals surface area contributed by atoms with Crippen molar-refractivity contribution in [2.75, 3.05) is 26.8 Å². The summed E-state index contributed by atoms with van der Waals surface area (Å²) in [7, 11) is 1.77. The molecule has 1 heterocycles. The molecule has 1 N–H and O–H groups in total. The lowest BCUT2D eigenvalue weighted by Gasteiger charge is -2.21. The molecule has 0 aromatic rings. The fourth-order valence-electron chi connectivity index (χ4n) is 1.45. The molecular weight excluding hydrogens is 126 g/mol. The Morgan fingerprint density at radius 3 is 3.10 bits per heavy atom.